The van der Waals surface area contributed by atoms with E-state index in [-0.39, 0.29) is 12.4 Å². The van der Waals surface area contributed by atoms with Crippen LogP contribution in [0.25, 0.3) is 0 Å². The number of carbonyl (C=O) groups excluding carboxylic acids is 1. The van der Waals surface area contributed by atoms with Gasteiger partial charge in [-0.25, -0.2) is 0 Å². The lowest BCUT2D eigenvalue weighted by Gasteiger charge is -2.10. The fourth-order valence-corrected chi connectivity index (χ4v) is 1.35. The number of hydrogen-bond donors (Lipinski definition) is 0. The summed E-state index contributed by atoms with van der Waals surface area (Å²) in [6, 6.07) is 7.48. The molecule has 0 aliphatic rings. The second-order valence-electron chi connectivity index (χ2n) is 3.59. The van der Waals surface area contributed by atoms with Crippen LogP contribution < -0.4 is 4.74 Å². The van der Waals surface area contributed by atoms with Crippen LogP contribution in [0.4, 0.5) is 0 Å². The van der Waals surface area contributed by atoms with Crippen LogP contribution >= 0.6 is 0 Å². The lowest BCUT2D eigenvalue weighted by Crippen LogP contribution is -2.08. The van der Waals surface area contributed by atoms with Crippen molar-refractivity contribution in [1.82, 2.24) is 0 Å². The molecular formula is C14H18O3. The molecular weight excluding hydrogens is 216 g/mol. The summed E-state index contributed by atoms with van der Waals surface area (Å²) in [6.45, 7) is 5.98. The van der Waals surface area contributed by atoms with Crippen LogP contribution in [0.1, 0.15) is 26.3 Å². The van der Waals surface area contributed by atoms with Crippen LogP contribution in [0.2, 0.25) is 0 Å². The first-order valence-corrected chi connectivity index (χ1v) is 5.71. The number of allylic oxidation sites excluding steroid dienone is 2. The maximum Gasteiger partial charge on any atom is 0.310 e. The van der Waals surface area contributed by atoms with E-state index in [1.165, 1.54) is 0 Å². The third-order valence-electron chi connectivity index (χ3n) is 2.29. The molecule has 0 radical (unpaired) electrons. The van der Waals surface area contributed by atoms with E-state index in [1.54, 1.807) is 6.92 Å². The van der Waals surface area contributed by atoms with Crippen molar-refractivity contribution in [2.45, 2.75) is 27.2 Å². The average Bonchev–Trinajstić information content (AvgIpc) is 2.31. The predicted octanol–water partition coefficient (Wildman–Crippen LogP) is 3.09. The highest BCUT2D eigenvalue weighted by Gasteiger charge is 2.09. The monoisotopic (exact) mass is 234 g/mol. The van der Waals surface area contributed by atoms with Crippen molar-refractivity contribution in [1.29, 1.82) is 0 Å². The summed E-state index contributed by atoms with van der Waals surface area (Å²) in [5.74, 6) is 1.28. The molecule has 1 aromatic carbocycles. The van der Waals surface area contributed by atoms with E-state index in [4.69, 9.17) is 9.47 Å². The van der Waals surface area contributed by atoms with Gasteiger partial charge in [0.1, 0.15) is 5.75 Å². The van der Waals surface area contributed by atoms with Crippen molar-refractivity contribution >= 4 is 5.97 Å². The number of para-hydroxylation sites is 1. The molecule has 0 bridgehead atoms. The summed E-state index contributed by atoms with van der Waals surface area (Å²) >= 11 is 0. The van der Waals surface area contributed by atoms with Crippen LogP contribution in [0.5, 0.6) is 5.75 Å². The summed E-state index contributed by atoms with van der Waals surface area (Å²) in [6.07, 6.45) is 2.11. The molecule has 17 heavy (non-hydrogen) atoms. The Balaban J connectivity index is 2.80. The molecule has 0 saturated heterocycles. The second-order valence-corrected chi connectivity index (χ2v) is 3.59. The van der Waals surface area contributed by atoms with E-state index in [1.807, 2.05) is 44.2 Å². The minimum Gasteiger partial charge on any atom is -0.466 e. The molecule has 0 atom stereocenters. The molecule has 3 heteroatoms. The van der Waals surface area contributed by atoms with Crippen molar-refractivity contribution in [3.05, 3.63) is 41.7 Å². The van der Waals surface area contributed by atoms with Crippen molar-refractivity contribution in [2.75, 3.05) is 6.61 Å². The minimum absolute atomic E-state index is 0.235. The van der Waals surface area contributed by atoms with Gasteiger partial charge in [0, 0.05) is 5.56 Å². The molecule has 1 aromatic rings. The lowest BCUT2D eigenvalue weighted by atomic mass is 10.1. The highest BCUT2D eigenvalue weighted by Crippen LogP contribution is 2.21. The third kappa shape index (κ3) is 4.31. The molecule has 92 valence electrons. The van der Waals surface area contributed by atoms with Gasteiger partial charge in [0.2, 0.25) is 0 Å². The zero-order valence-corrected chi connectivity index (χ0v) is 10.5. The van der Waals surface area contributed by atoms with Gasteiger partial charge in [-0.05, 0) is 32.9 Å². The molecule has 0 aromatic heterocycles. The Morgan fingerprint density at radius 2 is 2.06 bits per heavy atom. The Hall–Kier alpha value is -1.77. The van der Waals surface area contributed by atoms with Crippen LogP contribution in [0.3, 0.4) is 0 Å². The van der Waals surface area contributed by atoms with Crippen LogP contribution in [0, 0.1) is 0 Å². The molecule has 0 heterocycles. The largest absolute Gasteiger partial charge is 0.466 e. The molecule has 0 fully saturated rings. The lowest BCUT2D eigenvalue weighted by molar-refractivity contribution is -0.142. The van der Waals surface area contributed by atoms with Gasteiger partial charge in [0.25, 0.3) is 0 Å². The number of esters is 1. The quantitative estimate of drug-likeness (QED) is 0.580. The van der Waals surface area contributed by atoms with Gasteiger partial charge < -0.3 is 9.47 Å². The zero-order chi connectivity index (χ0) is 12.7. The number of hydrogen-bond acceptors (Lipinski definition) is 3. The Morgan fingerprint density at radius 1 is 1.35 bits per heavy atom. The first-order valence-electron chi connectivity index (χ1n) is 5.71. The Morgan fingerprint density at radius 3 is 2.71 bits per heavy atom. The van der Waals surface area contributed by atoms with Crippen molar-refractivity contribution < 1.29 is 14.3 Å². The Kier molecular flexibility index (Phi) is 5.27. The van der Waals surface area contributed by atoms with E-state index >= 15 is 0 Å². The Bertz CT molecular complexity index is 408. The molecule has 0 unspecified atom stereocenters. The van der Waals surface area contributed by atoms with Crippen molar-refractivity contribution in [3.8, 4) is 5.75 Å². The van der Waals surface area contributed by atoms with E-state index in [2.05, 4.69) is 0 Å². The van der Waals surface area contributed by atoms with E-state index in [0.717, 1.165) is 11.3 Å². The van der Waals surface area contributed by atoms with Gasteiger partial charge in [-0.1, -0.05) is 18.2 Å². The second kappa shape index (κ2) is 6.74. The normalized spacial score (nSPS) is 11.1. The third-order valence-corrected chi connectivity index (χ3v) is 2.29. The maximum atomic E-state index is 11.4. The van der Waals surface area contributed by atoms with Crippen molar-refractivity contribution in [2.24, 2.45) is 0 Å². The molecule has 0 N–H and O–H groups in total. The number of rotatable bonds is 5. The minimum atomic E-state index is -0.235. The van der Waals surface area contributed by atoms with Crippen LogP contribution in [0.15, 0.2) is 36.1 Å². The molecule has 3 nitrogen and oxygen atoms in total. The smallest absolute Gasteiger partial charge is 0.310 e. The standard InChI is InChI=1S/C14H18O3/c1-4-11(3)17-13-9-7-6-8-12(13)10-14(15)16-5-2/h4,6-9H,5,10H2,1-3H3/b11-4+. The summed E-state index contributed by atoms with van der Waals surface area (Å²) in [5.41, 5.74) is 0.840. The zero-order valence-electron chi connectivity index (χ0n) is 10.5. The number of ether oxygens (including phenoxy) is 2. The summed E-state index contributed by atoms with van der Waals surface area (Å²) in [5, 5.41) is 0. The molecule has 0 aliphatic carbocycles. The molecule has 0 aliphatic heterocycles. The van der Waals surface area contributed by atoms with Crippen LogP contribution in [-0.2, 0) is 16.0 Å². The van der Waals surface area contributed by atoms with Gasteiger partial charge in [0.15, 0.2) is 0 Å². The van der Waals surface area contributed by atoms with Gasteiger partial charge in [0.05, 0.1) is 18.8 Å². The first-order chi connectivity index (χ1) is 8.17. The Labute approximate surface area is 102 Å². The van der Waals surface area contributed by atoms with Crippen LogP contribution in [-0.4, -0.2) is 12.6 Å². The average molecular weight is 234 g/mol. The highest BCUT2D eigenvalue weighted by molar-refractivity contribution is 5.73. The highest BCUT2D eigenvalue weighted by atomic mass is 16.5. The van der Waals surface area contributed by atoms with Gasteiger partial charge in [-0.15, -0.1) is 0 Å². The summed E-state index contributed by atoms with van der Waals surface area (Å²) in [7, 11) is 0. The first kappa shape index (κ1) is 13.3. The van der Waals surface area contributed by atoms with E-state index in [9.17, 15) is 4.79 Å². The van der Waals surface area contributed by atoms with Gasteiger partial charge in [-0.3, -0.25) is 4.79 Å². The predicted molar refractivity (Wildman–Crippen MR) is 66.8 cm³/mol. The fraction of sp³-hybridized carbons (Fsp3) is 0.357. The molecule has 0 amide bonds. The van der Waals surface area contributed by atoms with E-state index in [0.29, 0.717) is 12.4 Å². The topological polar surface area (TPSA) is 35.5 Å². The van der Waals surface area contributed by atoms with Gasteiger partial charge in [-0.2, -0.15) is 0 Å². The molecule has 0 spiro atoms. The molecule has 0 saturated carbocycles. The maximum absolute atomic E-state index is 11.4. The van der Waals surface area contributed by atoms with Gasteiger partial charge >= 0.3 is 5.97 Å². The summed E-state index contributed by atoms with van der Waals surface area (Å²) < 4.78 is 10.5. The number of benzene rings is 1. The van der Waals surface area contributed by atoms with E-state index < -0.39 is 0 Å². The summed E-state index contributed by atoms with van der Waals surface area (Å²) in [4.78, 5) is 11.4. The molecule has 1 rings (SSSR count). The fourth-order valence-electron chi connectivity index (χ4n) is 1.35. The number of carbonyl (C=O) groups is 1. The SMILES string of the molecule is C/C=C(\C)Oc1ccccc1CC(=O)OCC. The van der Waals surface area contributed by atoms with Crippen molar-refractivity contribution in [3.63, 3.8) is 0 Å².